The number of methoxy groups -OCH3 is 1. The van der Waals surface area contributed by atoms with Gasteiger partial charge in [-0.25, -0.2) is 4.90 Å². The predicted molar refractivity (Wildman–Crippen MR) is 117 cm³/mol. The van der Waals surface area contributed by atoms with E-state index in [9.17, 15) is 14.4 Å². The molecule has 1 N–H and O–H groups in total. The molecule has 0 aliphatic carbocycles. The van der Waals surface area contributed by atoms with Gasteiger partial charge in [-0.3, -0.25) is 14.4 Å². The van der Waals surface area contributed by atoms with Gasteiger partial charge in [-0.1, -0.05) is 52.0 Å². The van der Waals surface area contributed by atoms with Crippen LogP contribution >= 0.6 is 0 Å². The minimum absolute atomic E-state index is 0.130. The van der Waals surface area contributed by atoms with E-state index in [0.717, 1.165) is 11.1 Å². The third kappa shape index (κ3) is 3.63. The molecular formula is C24H28N2O4. The molecule has 0 saturated carbocycles. The highest BCUT2D eigenvalue weighted by molar-refractivity contribution is 6.37. The summed E-state index contributed by atoms with van der Waals surface area (Å²) in [6, 6.07) is 9.29. The summed E-state index contributed by atoms with van der Waals surface area (Å²) in [5.74, 6) is -0.900. The van der Waals surface area contributed by atoms with Crippen LogP contribution in [0.5, 0.6) is 0 Å². The van der Waals surface area contributed by atoms with Crippen molar-refractivity contribution in [3.63, 3.8) is 0 Å². The van der Waals surface area contributed by atoms with Crippen LogP contribution in [-0.4, -0.2) is 31.4 Å². The lowest BCUT2D eigenvalue weighted by atomic mass is 9.92. The molecule has 6 nitrogen and oxygen atoms in total. The van der Waals surface area contributed by atoms with Crippen molar-refractivity contribution in [2.45, 2.75) is 46.5 Å². The Labute approximate surface area is 177 Å². The highest BCUT2D eigenvalue weighted by Crippen LogP contribution is 2.41. The van der Waals surface area contributed by atoms with Crippen molar-refractivity contribution >= 4 is 29.1 Å². The molecule has 0 bridgehead atoms. The molecule has 2 aromatic rings. The molecule has 3 amide bonds. The smallest absolute Gasteiger partial charge is 0.268 e. The molecule has 0 atom stereocenters. The number of aryl methyl sites for hydroxylation is 1. The quantitative estimate of drug-likeness (QED) is 0.707. The Kier molecular flexibility index (Phi) is 6.08. The molecule has 0 spiro atoms. The number of nitrogens with one attached hydrogen (secondary N) is 1. The third-order valence-corrected chi connectivity index (χ3v) is 5.37. The van der Waals surface area contributed by atoms with Crippen molar-refractivity contribution in [2.24, 2.45) is 0 Å². The molecule has 2 aromatic carbocycles. The van der Waals surface area contributed by atoms with Gasteiger partial charge in [0.15, 0.2) is 0 Å². The van der Waals surface area contributed by atoms with Gasteiger partial charge in [0.05, 0.1) is 22.5 Å². The molecule has 3 rings (SSSR count). The summed E-state index contributed by atoms with van der Waals surface area (Å²) in [4.78, 5) is 40.4. The van der Waals surface area contributed by atoms with Gasteiger partial charge in [-0.05, 0) is 41.5 Å². The number of carbonyl (C=O) groups is 3. The largest absolute Gasteiger partial charge is 0.375 e. The maximum absolute atomic E-state index is 13.6. The number of anilines is 2. The molecule has 0 aromatic heterocycles. The van der Waals surface area contributed by atoms with E-state index < -0.39 is 5.91 Å². The van der Waals surface area contributed by atoms with E-state index in [1.54, 1.807) is 19.1 Å². The highest BCUT2D eigenvalue weighted by Gasteiger charge is 2.41. The number of rotatable bonds is 6. The van der Waals surface area contributed by atoms with E-state index in [2.05, 4.69) is 5.32 Å². The van der Waals surface area contributed by atoms with Crippen molar-refractivity contribution in [3.05, 3.63) is 58.1 Å². The van der Waals surface area contributed by atoms with Gasteiger partial charge in [0.25, 0.3) is 11.8 Å². The highest BCUT2D eigenvalue weighted by atomic mass is 16.5. The summed E-state index contributed by atoms with van der Waals surface area (Å²) in [6.07, 6.45) is 0. The zero-order valence-electron chi connectivity index (χ0n) is 18.3. The van der Waals surface area contributed by atoms with E-state index in [-0.39, 0.29) is 35.8 Å². The minimum Gasteiger partial charge on any atom is -0.375 e. The number of fused-ring (bicyclic) bond motifs is 1. The first-order chi connectivity index (χ1) is 14.2. The monoisotopic (exact) mass is 408 g/mol. The molecule has 1 aliphatic heterocycles. The van der Waals surface area contributed by atoms with Crippen LogP contribution in [0.2, 0.25) is 0 Å². The van der Waals surface area contributed by atoms with Crippen LogP contribution in [0.15, 0.2) is 30.3 Å². The number of hydrogen-bond acceptors (Lipinski definition) is 4. The molecule has 0 unspecified atom stereocenters. The number of benzene rings is 2. The van der Waals surface area contributed by atoms with Gasteiger partial charge in [0.1, 0.15) is 6.61 Å². The first-order valence-electron chi connectivity index (χ1n) is 10.1. The number of amides is 3. The lowest BCUT2D eigenvalue weighted by Gasteiger charge is -2.25. The van der Waals surface area contributed by atoms with Crippen molar-refractivity contribution in [1.29, 1.82) is 0 Å². The first kappa shape index (κ1) is 21.7. The average molecular weight is 408 g/mol. The minimum atomic E-state index is -0.415. The second kappa shape index (κ2) is 8.40. The zero-order valence-corrected chi connectivity index (χ0v) is 18.3. The molecule has 30 heavy (non-hydrogen) atoms. The van der Waals surface area contributed by atoms with Gasteiger partial charge in [0.2, 0.25) is 5.91 Å². The maximum atomic E-state index is 13.6. The van der Waals surface area contributed by atoms with E-state index in [1.807, 2.05) is 45.9 Å². The number of hydrogen-bond donors (Lipinski definition) is 1. The Morgan fingerprint density at radius 2 is 1.60 bits per heavy atom. The van der Waals surface area contributed by atoms with E-state index in [1.165, 1.54) is 12.0 Å². The normalized spacial score (nSPS) is 13.4. The van der Waals surface area contributed by atoms with Crippen molar-refractivity contribution in [2.75, 3.05) is 23.9 Å². The number of nitrogens with zero attached hydrogens (tertiary/aromatic N) is 1. The van der Waals surface area contributed by atoms with Gasteiger partial charge in [-0.15, -0.1) is 0 Å². The number of para-hydroxylation sites is 1. The molecular weight excluding hydrogens is 380 g/mol. The number of imide groups is 1. The molecule has 0 radical (unpaired) electrons. The summed E-state index contributed by atoms with van der Waals surface area (Å²) in [6.45, 7) is 9.83. The molecule has 0 fully saturated rings. The Morgan fingerprint density at radius 3 is 2.13 bits per heavy atom. The summed E-state index contributed by atoms with van der Waals surface area (Å²) >= 11 is 0. The van der Waals surface area contributed by atoms with Gasteiger partial charge >= 0.3 is 0 Å². The Hall–Kier alpha value is -2.99. The van der Waals surface area contributed by atoms with E-state index in [0.29, 0.717) is 22.5 Å². The van der Waals surface area contributed by atoms with Crippen LogP contribution in [0.3, 0.4) is 0 Å². The van der Waals surface area contributed by atoms with Crippen molar-refractivity contribution in [3.8, 4) is 0 Å². The summed E-state index contributed by atoms with van der Waals surface area (Å²) in [5, 5.41) is 2.75. The lowest BCUT2D eigenvalue weighted by molar-refractivity contribution is -0.119. The topological polar surface area (TPSA) is 75.7 Å². The van der Waals surface area contributed by atoms with Gasteiger partial charge in [0, 0.05) is 7.11 Å². The fourth-order valence-corrected chi connectivity index (χ4v) is 3.87. The summed E-state index contributed by atoms with van der Waals surface area (Å²) in [5.41, 5.74) is 4.14. The van der Waals surface area contributed by atoms with Crippen LogP contribution in [0.1, 0.15) is 76.9 Å². The van der Waals surface area contributed by atoms with Crippen LogP contribution in [-0.2, 0) is 9.53 Å². The molecule has 6 heteroatoms. The van der Waals surface area contributed by atoms with Crippen molar-refractivity contribution < 1.29 is 19.1 Å². The van der Waals surface area contributed by atoms with Crippen molar-refractivity contribution in [1.82, 2.24) is 0 Å². The third-order valence-electron chi connectivity index (χ3n) is 5.37. The Balaban J connectivity index is 2.19. The SMILES string of the molecule is COCC(=O)Nc1c(C)ccc2c1C(=O)N(c1c(C(C)C)cccc1C(C)C)C2=O. The number of ether oxygens (including phenoxy) is 1. The van der Waals surface area contributed by atoms with E-state index >= 15 is 0 Å². The second-order valence-electron chi connectivity index (χ2n) is 8.20. The second-order valence-corrected chi connectivity index (χ2v) is 8.20. The number of carbonyl (C=O) groups excluding carboxylic acids is 3. The predicted octanol–water partition coefficient (Wildman–Crippen LogP) is 4.63. The van der Waals surface area contributed by atoms with Crippen LogP contribution < -0.4 is 10.2 Å². The zero-order chi connectivity index (χ0) is 22.2. The van der Waals surface area contributed by atoms with Crippen LogP contribution in [0.4, 0.5) is 11.4 Å². The maximum Gasteiger partial charge on any atom is 0.268 e. The summed E-state index contributed by atoms with van der Waals surface area (Å²) < 4.78 is 4.88. The molecule has 1 heterocycles. The van der Waals surface area contributed by atoms with Gasteiger partial charge in [-0.2, -0.15) is 0 Å². The summed E-state index contributed by atoms with van der Waals surface area (Å²) in [7, 11) is 1.43. The molecule has 0 saturated heterocycles. The Morgan fingerprint density at radius 1 is 1.00 bits per heavy atom. The standard InChI is InChI=1S/C24H28N2O4/c1-13(2)16-8-7-9-17(14(3)4)22(16)26-23(28)18-11-10-15(5)21(20(18)24(26)29)25-19(27)12-30-6/h7-11,13-14H,12H2,1-6H3,(H,25,27). The first-order valence-corrected chi connectivity index (χ1v) is 10.1. The Bertz CT molecular complexity index is 998. The molecule has 1 aliphatic rings. The average Bonchev–Trinajstić information content (AvgIpc) is 2.93. The van der Waals surface area contributed by atoms with Crippen LogP contribution in [0.25, 0.3) is 0 Å². The fraction of sp³-hybridized carbons (Fsp3) is 0.375. The fourth-order valence-electron chi connectivity index (χ4n) is 3.87. The van der Waals surface area contributed by atoms with Crippen LogP contribution in [0, 0.1) is 6.92 Å². The lowest BCUT2D eigenvalue weighted by Crippen LogP contribution is -2.32. The van der Waals surface area contributed by atoms with Gasteiger partial charge < -0.3 is 10.1 Å². The molecule has 158 valence electrons. The van der Waals surface area contributed by atoms with E-state index in [4.69, 9.17) is 4.74 Å².